The Labute approximate surface area is 285 Å². The number of alkyl halides is 3. The Morgan fingerprint density at radius 2 is 1.89 bits per heavy atom. The summed E-state index contributed by atoms with van der Waals surface area (Å²) in [7, 11) is -0.578. The van der Waals surface area contributed by atoms with Crippen molar-refractivity contribution in [1.82, 2.24) is 10.2 Å². The highest BCUT2D eigenvalue weighted by molar-refractivity contribution is 7.99. The van der Waals surface area contributed by atoms with Crippen molar-refractivity contribution in [2.24, 2.45) is 23.0 Å². The Bertz CT molecular complexity index is 1470. The number of unbranched alkanes of at least 4 members (excludes halogenated alkanes) is 1. The van der Waals surface area contributed by atoms with Gasteiger partial charge in [-0.25, -0.2) is 0 Å². The summed E-state index contributed by atoms with van der Waals surface area (Å²) in [6, 6.07) is 11.3. The zero-order valence-electron chi connectivity index (χ0n) is 27.1. The molecular weight excluding hydrogens is 650 g/mol. The second-order valence-corrected chi connectivity index (χ2v) is 15.1. The number of nitrogens with two attached hydrogens (primary N) is 1. The number of hydrogen-bond acceptors (Lipinski definition) is 6. The Kier molecular flexibility index (Phi) is 10.7. The molecule has 2 aliphatic heterocycles. The Balaban J connectivity index is 0.00000433. The molecule has 3 aliphatic carbocycles. The lowest BCUT2D eigenvalue weighted by atomic mass is 9.43. The van der Waals surface area contributed by atoms with E-state index in [1.165, 1.54) is 12.1 Å². The van der Waals surface area contributed by atoms with Crippen LogP contribution in [0.1, 0.15) is 81.6 Å². The number of carbonyl (C=O) groups excluding carboxylic acids is 2. The minimum atomic E-state index is -4.49. The van der Waals surface area contributed by atoms with Crippen LogP contribution in [0.25, 0.3) is 0 Å². The number of benzene rings is 2. The Hall–Kier alpha value is -2.25. The fraction of sp³-hybridized carbons (Fsp3) is 0.588. The fourth-order valence-electron chi connectivity index (χ4n) is 8.19. The largest absolute Gasteiger partial charge is 0.481 e. The van der Waals surface area contributed by atoms with Crippen molar-refractivity contribution in [1.29, 1.82) is 0 Å². The zero-order chi connectivity index (χ0) is 32.9. The van der Waals surface area contributed by atoms with E-state index >= 15 is 0 Å². The molecule has 0 spiro atoms. The summed E-state index contributed by atoms with van der Waals surface area (Å²) in [6.45, 7) is 7.74. The van der Waals surface area contributed by atoms with E-state index in [0.29, 0.717) is 54.6 Å². The van der Waals surface area contributed by atoms with Gasteiger partial charge in [0.1, 0.15) is 6.04 Å². The quantitative estimate of drug-likeness (QED) is 0.211. The van der Waals surface area contributed by atoms with Gasteiger partial charge in [0.15, 0.2) is 0 Å². The molecule has 3 N–H and O–H groups in total. The lowest BCUT2D eigenvalue weighted by Crippen LogP contribution is -2.65. The highest BCUT2D eigenvalue weighted by atomic mass is 35.5. The maximum absolute atomic E-state index is 13.8. The van der Waals surface area contributed by atoms with Crippen molar-refractivity contribution in [3.8, 4) is 0 Å². The van der Waals surface area contributed by atoms with E-state index < -0.39 is 30.5 Å². The van der Waals surface area contributed by atoms with Crippen molar-refractivity contribution in [3.63, 3.8) is 0 Å². The molecule has 0 aromatic heterocycles. The van der Waals surface area contributed by atoms with Gasteiger partial charge in [0.25, 0.3) is 5.91 Å². The van der Waals surface area contributed by atoms with Gasteiger partial charge in [0.2, 0.25) is 5.91 Å². The number of nitrogens with zero attached hydrogens (tertiary/aromatic N) is 1. The summed E-state index contributed by atoms with van der Waals surface area (Å²) in [5.41, 5.74) is 5.18. The first kappa shape index (κ1) is 36.0. The fourth-order valence-corrected chi connectivity index (χ4v) is 9.22. The molecule has 2 heterocycles. The number of halogens is 4. The van der Waals surface area contributed by atoms with Crippen LogP contribution in [0, 0.1) is 17.3 Å². The van der Waals surface area contributed by atoms with Crippen LogP contribution in [0.15, 0.2) is 58.3 Å². The van der Waals surface area contributed by atoms with Crippen molar-refractivity contribution >= 4 is 43.1 Å². The number of amides is 2. The predicted molar refractivity (Wildman–Crippen MR) is 178 cm³/mol. The van der Waals surface area contributed by atoms with Crippen LogP contribution in [0.3, 0.4) is 0 Å². The number of rotatable bonds is 10. The third-order valence-electron chi connectivity index (χ3n) is 10.9. The van der Waals surface area contributed by atoms with Crippen molar-refractivity contribution in [2.75, 3.05) is 13.1 Å². The van der Waals surface area contributed by atoms with Gasteiger partial charge in [-0.3, -0.25) is 9.59 Å². The lowest BCUT2D eigenvalue weighted by molar-refractivity contribution is -0.199. The van der Waals surface area contributed by atoms with Gasteiger partial charge in [-0.1, -0.05) is 50.2 Å². The molecular formula is C34H44BClF3N3O4S. The number of hydrogen-bond donors (Lipinski definition) is 2. The van der Waals surface area contributed by atoms with Crippen LogP contribution in [0.5, 0.6) is 0 Å². The van der Waals surface area contributed by atoms with E-state index in [-0.39, 0.29) is 46.6 Å². The zero-order valence-corrected chi connectivity index (χ0v) is 28.7. The molecule has 256 valence electrons. The van der Waals surface area contributed by atoms with Gasteiger partial charge in [-0.05, 0) is 99.6 Å². The van der Waals surface area contributed by atoms with Crippen LogP contribution in [-0.2, 0) is 20.3 Å². The molecule has 2 aromatic carbocycles. The first-order chi connectivity index (χ1) is 21.8. The third-order valence-corrected chi connectivity index (χ3v) is 12.0. The second kappa shape index (κ2) is 13.9. The standard InChI is InChI=1S/C34H43BF3N3O4S.ClH/c1-32(2)22-19-27(32)33(3)28(20-22)44-35(45-33)29(15-6-7-16-39)40-30(42)25-13-9-17-41(25)31(43)21-10-8-11-23(18-21)46-26-14-5-4-12-24(26)34(36,37)38;/h4-5,8,10-12,14,18,22,25,27-29H,6-7,9,13,15-17,19-20,39H2,1-3H3,(H,40,42);1H/t22-,25-,27-,28+,29-,33-;/m0./s1. The van der Waals surface area contributed by atoms with E-state index in [0.717, 1.165) is 43.5 Å². The van der Waals surface area contributed by atoms with Crippen molar-refractivity contribution in [2.45, 2.75) is 105 Å². The van der Waals surface area contributed by atoms with E-state index in [4.69, 9.17) is 15.0 Å². The van der Waals surface area contributed by atoms with Gasteiger partial charge in [-0.2, -0.15) is 13.2 Å². The smallest absolute Gasteiger partial charge is 0.404 e. The first-order valence-electron chi connectivity index (χ1n) is 16.4. The lowest BCUT2D eigenvalue weighted by Gasteiger charge is -2.64. The van der Waals surface area contributed by atoms with Gasteiger partial charge >= 0.3 is 13.3 Å². The monoisotopic (exact) mass is 693 g/mol. The maximum Gasteiger partial charge on any atom is 0.481 e. The summed E-state index contributed by atoms with van der Waals surface area (Å²) < 4.78 is 54.0. The molecule has 0 unspecified atom stereocenters. The van der Waals surface area contributed by atoms with Gasteiger partial charge in [-0.15, -0.1) is 12.4 Å². The van der Waals surface area contributed by atoms with Gasteiger partial charge in [0.05, 0.1) is 23.2 Å². The Morgan fingerprint density at radius 3 is 2.62 bits per heavy atom. The topological polar surface area (TPSA) is 93.9 Å². The minimum absolute atomic E-state index is 0. The average molecular weight is 694 g/mol. The number of likely N-dealkylation sites (tertiary alicyclic amines) is 1. The molecule has 3 saturated carbocycles. The van der Waals surface area contributed by atoms with E-state index in [1.807, 2.05) is 0 Å². The van der Waals surface area contributed by atoms with Crippen LogP contribution in [0.4, 0.5) is 13.2 Å². The highest BCUT2D eigenvalue weighted by Gasteiger charge is 2.68. The van der Waals surface area contributed by atoms with Crippen molar-refractivity contribution < 1.29 is 32.1 Å². The molecule has 5 aliphatic rings. The first-order valence-corrected chi connectivity index (χ1v) is 17.2. The predicted octanol–water partition coefficient (Wildman–Crippen LogP) is 6.76. The summed E-state index contributed by atoms with van der Waals surface area (Å²) >= 11 is 0.958. The normalized spacial score (nSPS) is 28.2. The molecule has 2 bridgehead atoms. The van der Waals surface area contributed by atoms with Crippen LogP contribution < -0.4 is 11.1 Å². The van der Waals surface area contributed by atoms with Crippen LogP contribution in [-0.4, -0.2) is 60.6 Å². The Morgan fingerprint density at radius 1 is 1.13 bits per heavy atom. The molecule has 5 fully saturated rings. The summed E-state index contributed by atoms with van der Waals surface area (Å²) in [4.78, 5) is 29.7. The van der Waals surface area contributed by atoms with E-state index in [1.54, 1.807) is 35.2 Å². The number of carbonyl (C=O) groups is 2. The molecule has 13 heteroatoms. The molecule has 47 heavy (non-hydrogen) atoms. The van der Waals surface area contributed by atoms with Crippen LogP contribution >= 0.6 is 24.2 Å². The summed E-state index contributed by atoms with van der Waals surface area (Å²) in [5, 5.41) is 3.20. The SMILES string of the molecule is CC1(C)[C@@H]2C[C@H]3OB([C@H](CCCCN)NC(=O)[C@@H]4CCCN4C(=O)c4cccc(Sc5ccccc5C(F)(F)F)c4)O[C@@]3(C)[C@H]1C2.Cl. The minimum Gasteiger partial charge on any atom is -0.404 e. The summed E-state index contributed by atoms with van der Waals surface area (Å²) in [5.74, 6) is 0.0566. The molecule has 0 radical (unpaired) electrons. The highest BCUT2D eigenvalue weighted by Crippen LogP contribution is 2.65. The van der Waals surface area contributed by atoms with Gasteiger partial charge < -0.3 is 25.3 Å². The second-order valence-electron chi connectivity index (χ2n) is 14.0. The molecule has 2 amide bonds. The van der Waals surface area contributed by atoms with Crippen molar-refractivity contribution in [3.05, 3.63) is 59.7 Å². The van der Waals surface area contributed by atoms with E-state index in [9.17, 15) is 22.8 Å². The average Bonchev–Trinajstić information content (AvgIpc) is 3.65. The summed E-state index contributed by atoms with van der Waals surface area (Å²) in [6.07, 6.45) is 1.03. The molecule has 2 saturated heterocycles. The molecule has 7 nitrogen and oxygen atoms in total. The molecule has 6 atom stereocenters. The van der Waals surface area contributed by atoms with Crippen LogP contribution in [0.2, 0.25) is 0 Å². The molecule has 2 aromatic rings. The van der Waals surface area contributed by atoms with E-state index in [2.05, 4.69) is 26.1 Å². The number of nitrogens with one attached hydrogen (secondary N) is 1. The third kappa shape index (κ3) is 6.95. The molecule has 7 rings (SSSR count). The van der Waals surface area contributed by atoms with Gasteiger partial charge in [0, 0.05) is 21.9 Å². The maximum atomic E-state index is 13.8.